The molecule has 20 nitrogen and oxygen atoms in total. The Bertz CT molecular complexity index is 3530. The number of hydrogen-bond acceptors (Lipinski definition) is 11. The van der Waals surface area contributed by atoms with E-state index >= 15 is 0 Å². The van der Waals surface area contributed by atoms with Crippen LogP contribution in [-0.4, -0.2) is 198 Å². The van der Waals surface area contributed by atoms with Crippen molar-refractivity contribution in [2.45, 2.75) is 173 Å². The van der Waals surface area contributed by atoms with Gasteiger partial charge in [-0.15, -0.1) is 0 Å². The van der Waals surface area contributed by atoms with Crippen molar-refractivity contribution in [1.29, 1.82) is 0 Å². The number of aryl methyl sites for hydroxylation is 2. The largest absolute Gasteiger partial charge is 0.444 e. The SMILES string of the molecule is CCNC(=O)N[C@H](Cc1ccccc1)C(=O)N(CCc1ccccc1)C[C@@H]1CCCN1C(=O)[C@H](CCc1ccccc1)NC(=O)[C@H](C)N(C)C.C[C@@H](C(=O)N[C@@H](CCc1ccccc1)C(=O)N1CCC[C@H]1CN(CCc1ccccc1)C(=O)[C@H](N)Cc1ccccc1)N(C)C(=O)OC(C)(C)C. The molecule has 0 saturated carbocycles. The third-order valence-corrected chi connectivity index (χ3v) is 18.8. The van der Waals surface area contributed by atoms with Crippen molar-refractivity contribution in [3.05, 3.63) is 215 Å². The summed E-state index contributed by atoms with van der Waals surface area (Å²) in [5.74, 6) is -1.31. The van der Waals surface area contributed by atoms with E-state index in [1.54, 1.807) is 27.7 Å². The van der Waals surface area contributed by atoms with Crippen molar-refractivity contribution in [2.24, 2.45) is 5.73 Å². The Morgan fingerprint density at radius 2 is 0.861 bits per heavy atom. The highest BCUT2D eigenvalue weighted by Crippen LogP contribution is 2.25. The number of likely N-dealkylation sites (tertiary alicyclic amines) is 2. The smallest absolute Gasteiger partial charge is 0.410 e. The summed E-state index contributed by atoms with van der Waals surface area (Å²) in [6.45, 7) is 13.6. The molecular formula is C81H109N11O9. The van der Waals surface area contributed by atoms with Crippen LogP contribution in [0.3, 0.4) is 0 Å². The van der Waals surface area contributed by atoms with Crippen LogP contribution in [0.15, 0.2) is 182 Å². The number of urea groups is 1. The molecule has 0 aromatic heterocycles. The van der Waals surface area contributed by atoms with Crippen molar-refractivity contribution in [2.75, 3.05) is 67.0 Å². The molecule has 0 spiro atoms. The van der Waals surface area contributed by atoms with Gasteiger partial charge >= 0.3 is 12.1 Å². The molecule has 2 aliphatic heterocycles. The van der Waals surface area contributed by atoms with Gasteiger partial charge in [0.25, 0.3) is 0 Å². The van der Waals surface area contributed by atoms with E-state index in [2.05, 4.69) is 21.3 Å². The van der Waals surface area contributed by atoms with Crippen LogP contribution in [0.4, 0.5) is 9.59 Å². The molecule has 6 N–H and O–H groups in total. The molecule has 9 amide bonds. The Balaban J connectivity index is 0.000000283. The number of carbonyl (C=O) groups is 8. The predicted molar refractivity (Wildman–Crippen MR) is 397 cm³/mol. The molecule has 2 fully saturated rings. The van der Waals surface area contributed by atoms with Gasteiger partial charge in [0.05, 0.1) is 12.1 Å². The normalized spacial score (nSPS) is 16.0. The van der Waals surface area contributed by atoms with Crippen LogP contribution >= 0.6 is 0 Å². The average Bonchev–Trinajstić information content (AvgIpc) is 1.72. The second-order valence-electron chi connectivity index (χ2n) is 27.8. The first kappa shape index (κ1) is 78.9. The number of benzene rings is 6. The van der Waals surface area contributed by atoms with Gasteiger partial charge in [0.15, 0.2) is 0 Å². The fraction of sp³-hybridized carbons (Fsp3) is 0.457. The van der Waals surface area contributed by atoms with Crippen molar-refractivity contribution in [3.63, 3.8) is 0 Å². The number of amides is 9. The molecule has 2 aliphatic rings. The number of nitrogens with one attached hydrogen (secondary N) is 4. The molecule has 2 heterocycles. The fourth-order valence-corrected chi connectivity index (χ4v) is 12.7. The first-order chi connectivity index (χ1) is 48.5. The molecule has 0 aliphatic carbocycles. The summed E-state index contributed by atoms with van der Waals surface area (Å²) >= 11 is 0. The summed E-state index contributed by atoms with van der Waals surface area (Å²) in [4.78, 5) is 120. The molecule has 20 heteroatoms. The number of nitrogens with zero attached hydrogens (tertiary/aromatic N) is 6. The van der Waals surface area contributed by atoms with Gasteiger partial charge in [-0.1, -0.05) is 182 Å². The minimum absolute atomic E-state index is 0.125. The van der Waals surface area contributed by atoms with E-state index in [0.29, 0.717) is 97.2 Å². The van der Waals surface area contributed by atoms with Gasteiger partial charge in [-0.05, 0) is 160 Å². The maximum Gasteiger partial charge on any atom is 0.410 e. The number of carbonyl (C=O) groups excluding carboxylic acids is 8. The van der Waals surface area contributed by atoms with Gasteiger partial charge in [-0.25, -0.2) is 9.59 Å². The highest BCUT2D eigenvalue weighted by molar-refractivity contribution is 5.92. The Morgan fingerprint density at radius 3 is 1.25 bits per heavy atom. The Labute approximate surface area is 599 Å². The van der Waals surface area contributed by atoms with Crippen molar-refractivity contribution < 1.29 is 43.1 Å². The second kappa shape index (κ2) is 40.1. The standard InChI is InChI=1S/C41H55N5O5.C40H54N6O4/c1-30(44(5)40(50)51-41(2,3)4)37(47)43-36(24-23-31-16-9-6-10-17-31)39(49)46-26-15-22-34(46)29-45(27-25-32-18-11-7-12-19-32)38(48)35(42)28-33-20-13-8-14-21-33;1-5-41-40(50)43-36(28-33-20-13-8-14-21-33)38(48)45(27-25-32-18-11-7-12-19-32)29-34-22-15-26-46(34)39(49)35(42-37(47)30(2)44(3)4)24-23-31-16-9-6-10-17-31/h6-14,16-21,30,34-36H,15,22-29,42H2,1-5H3,(H,43,47);6-14,16-21,30,34-36H,5,15,22-29H2,1-4H3,(H,42,47)(H2,41,43,50)/t30-,34-,35+,36-;30-,34-,35-,36+/m00/s1. The molecule has 0 unspecified atom stereocenters. The van der Waals surface area contributed by atoms with Gasteiger partial charge in [0, 0.05) is 71.4 Å². The quantitative estimate of drug-likeness (QED) is 0.0267. The number of rotatable bonds is 32. The lowest BCUT2D eigenvalue weighted by molar-refractivity contribution is -0.140. The average molecular weight is 1380 g/mol. The summed E-state index contributed by atoms with van der Waals surface area (Å²) in [5, 5.41) is 11.7. The van der Waals surface area contributed by atoms with Gasteiger partial charge in [0.1, 0.15) is 29.8 Å². The van der Waals surface area contributed by atoms with Crippen LogP contribution in [0.2, 0.25) is 0 Å². The van der Waals surface area contributed by atoms with E-state index in [-0.39, 0.29) is 41.6 Å². The van der Waals surface area contributed by atoms with E-state index < -0.39 is 59.9 Å². The summed E-state index contributed by atoms with van der Waals surface area (Å²) in [5.41, 5.74) is 12.1. The number of hydrogen-bond donors (Lipinski definition) is 5. The summed E-state index contributed by atoms with van der Waals surface area (Å²) in [7, 11) is 5.20. The molecule has 101 heavy (non-hydrogen) atoms. The van der Waals surface area contributed by atoms with Crippen LogP contribution in [0.1, 0.15) is 113 Å². The van der Waals surface area contributed by atoms with Gasteiger partial charge < -0.3 is 51.3 Å². The van der Waals surface area contributed by atoms with Crippen LogP contribution < -0.4 is 27.0 Å². The first-order valence-electron chi connectivity index (χ1n) is 35.9. The Kier molecular flexibility index (Phi) is 31.4. The molecule has 8 rings (SSSR count). The molecule has 0 bridgehead atoms. The fourth-order valence-electron chi connectivity index (χ4n) is 12.7. The highest BCUT2D eigenvalue weighted by atomic mass is 16.6. The topological polar surface area (TPSA) is 239 Å². The Hall–Kier alpha value is -9.40. The predicted octanol–water partition coefficient (Wildman–Crippen LogP) is 9.04. The highest BCUT2D eigenvalue weighted by Gasteiger charge is 2.40. The van der Waals surface area contributed by atoms with E-state index in [1.165, 1.54) is 11.9 Å². The van der Waals surface area contributed by atoms with E-state index in [9.17, 15) is 38.4 Å². The van der Waals surface area contributed by atoms with E-state index in [0.717, 1.165) is 59.1 Å². The van der Waals surface area contributed by atoms with E-state index in [1.807, 2.05) is 234 Å². The zero-order chi connectivity index (χ0) is 72.8. The minimum atomic E-state index is -0.876. The number of nitrogens with two attached hydrogens (primary N) is 1. The summed E-state index contributed by atoms with van der Waals surface area (Å²) in [6, 6.07) is 54.0. The molecule has 6 aromatic rings. The van der Waals surface area contributed by atoms with Crippen molar-refractivity contribution >= 4 is 47.6 Å². The van der Waals surface area contributed by atoms with Gasteiger partial charge in [0.2, 0.25) is 35.4 Å². The first-order valence-corrected chi connectivity index (χ1v) is 35.9. The molecule has 542 valence electrons. The van der Waals surface area contributed by atoms with Crippen LogP contribution in [0, 0.1) is 0 Å². The lowest BCUT2D eigenvalue weighted by atomic mass is 10.0. The maximum absolute atomic E-state index is 14.5. The zero-order valence-electron chi connectivity index (χ0n) is 60.8. The molecule has 6 aromatic carbocycles. The number of likely N-dealkylation sites (N-methyl/N-ethyl adjacent to an activating group) is 2. The molecular weight excluding hydrogens is 1270 g/mol. The number of ether oxygens (including phenoxy) is 1. The molecule has 0 radical (unpaired) electrons. The van der Waals surface area contributed by atoms with Gasteiger partial charge in [-0.3, -0.25) is 38.6 Å². The lowest BCUT2D eigenvalue weighted by Gasteiger charge is -2.35. The van der Waals surface area contributed by atoms with Crippen LogP contribution in [-0.2, 0) is 72.0 Å². The minimum Gasteiger partial charge on any atom is -0.444 e. The van der Waals surface area contributed by atoms with E-state index in [4.69, 9.17) is 10.5 Å². The monoisotopic (exact) mass is 1380 g/mol. The molecule has 2 saturated heterocycles. The summed E-state index contributed by atoms with van der Waals surface area (Å²) < 4.78 is 5.47. The maximum atomic E-state index is 14.5. The third-order valence-electron chi connectivity index (χ3n) is 18.8. The molecule has 8 atom stereocenters. The van der Waals surface area contributed by atoms with Gasteiger partial charge in [-0.2, -0.15) is 0 Å². The van der Waals surface area contributed by atoms with Crippen molar-refractivity contribution in [3.8, 4) is 0 Å². The Morgan fingerprint density at radius 1 is 0.495 bits per heavy atom. The zero-order valence-corrected chi connectivity index (χ0v) is 60.8. The lowest BCUT2D eigenvalue weighted by Crippen LogP contribution is -2.57. The summed E-state index contributed by atoms with van der Waals surface area (Å²) in [6.07, 6.45) is 6.51. The third kappa shape index (κ3) is 25.6. The van der Waals surface area contributed by atoms with Crippen LogP contribution in [0.5, 0.6) is 0 Å². The van der Waals surface area contributed by atoms with Crippen LogP contribution in [0.25, 0.3) is 0 Å². The van der Waals surface area contributed by atoms with Crippen molar-refractivity contribution in [1.82, 2.24) is 50.7 Å². The second-order valence-corrected chi connectivity index (χ2v) is 27.8.